The van der Waals surface area contributed by atoms with Crippen LogP contribution in [0.4, 0.5) is 0 Å². The molecular weight excluding hydrogens is 264 g/mol. The molecule has 3 aliphatic rings. The van der Waals surface area contributed by atoms with E-state index in [9.17, 15) is 4.79 Å². The first-order valence-corrected chi connectivity index (χ1v) is 8.82. The Balaban J connectivity index is 1.63. The summed E-state index contributed by atoms with van der Waals surface area (Å²) in [4.78, 5) is 12.7. The average molecular weight is 294 g/mol. The van der Waals surface area contributed by atoms with E-state index in [1.54, 1.807) is 0 Å². The average Bonchev–Trinajstić information content (AvgIpc) is 2.99. The second-order valence-corrected chi connectivity index (χ2v) is 7.36. The zero-order chi connectivity index (χ0) is 14.9. The summed E-state index contributed by atoms with van der Waals surface area (Å²) in [6.07, 6.45) is 11.3. The molecule has 1 amide bonds. The predicted molar refractivity (Wildman–Crippen MR) is 82.9 cm³/mol. The topological polar surface area (TPSA) is 64.3 Å². The van der Waals surface area contributed by atoms with Crippen LogP contribution in [0.1, 0.15) is 71.1 Å². The van der Waals surface area contributed by atoms with Gasteiger partial charge in [-0.15, -0.1) is 0 Å². The largest absolute Gasteiger partial charge is 0.378 e. The minimum absolute atomic E-state index is 0.0911. The van der Waals surface area contributed by atoms with Crippen LogP contribution in [0, 0.1) is 5.41 Å². The van der Waals surface area contributed by atoms with Crippen molar-refractivity contribution in [3.8, 4) is 0 Å². The van der Waals surface area contributed by atoms with Crippen molar-refractivity contribution in [2.45, 2.75) is 88.8 Å². The number of carbonyl (C=O) groups is 1. The molecule has 0 heterocycles. The van der Waals surface area contributed by atoms with Crippen LogP contribution in [0.15, 0.2) is 0 Å². The van der Waals surface area contributed by atoms with Gasteiger partial charge in [0.1, 0.15) is 0 Å². The van der Waals surface area contributed by atoms with Crippen LogP contribution < -0.4 is 11.1 Å². The van der Waals surface area contributed by atoms with Crippen molar-refractivity contribution in [1.82, 2.24) is 5.32 Å². The number of hydrogen-bond acceptors (Lipinski definition) is 3. The first-order chi connectivity index (χ1) is 10.1. The van der Waals surface area contributed by atoms with E-state index in [1.807, 2.05) is 0 Å². The van der Waals surface area contributed by atoms with Crippen molar-refractivity contribution in [1.29, 1.82) is 0 Å². The molecule has 3 saturated carbocycles. The number of carbonyl (C=O) groups excluding carboxylic acids is 1. The maximum absolute atomic E-state index is 12.7. The highest BCUT2D eigenvalue weighted by atomic mass is 16.5. The number of rotatable bonds is 4. The molecule has 4 nitrogen and oxygen atoms in total. The van der Waals surface area contributed by atoms with Gasteiger partial charge in [-0.1, -0.05) is 32.1 Å². The Morgan fingerprint density at radius 1 is 1.14 bits per heavy atom. The lowest BCUT2D eigenvalue weighted by atomic mass is 9.60. The summed E-state index contributed by atoms with van der Waals surface area (Å²) in [5, 5.41) is 3.30. The number of nitrogens with one attached hydrogen (secondary N) is 1. The summed E-state index contributed by atoms with van der Waals surface area (Å²) in [6, 6.07) is 0.284. The van der Waals surface area contributed by atoms with Crippen LogP contribution in [0.5, 0.6) is 0 Å². The van der Waals surface area contributed by atoms with Crippen molar-refractivity contribution in [2.75, 3.05) is 6.61 Å². The van der Waals surface area contributed by atoms with Crippen LogP contribution in [-0.2, 0) is 9.53 Å². The molecule has 0 aromatic heterocycles. The Morgan fingerprint density at radius 2 is 1.76 bits per heavy atom. The molecule has 2 unspecified atom stereocenters. The molecule has 0 bridgehead atoms. The van der Waals surface area contributed by atoms with Crippen molar-refractivity contribution in [3.63, 3.8) is 0 Å². The van der Waals surface area contributed by atoms with Crippen molar-refractivity contribution < 1.29 is 9.53 Å². The minimum Gasteiger partial charge on any atom is -0.378 e. The van der Waals surface area contributed by atoms with Crippen LogP contribution in [0.2, 0.25) is 0 Å². The van der Waals surface area contributed by atoms with E-state index in [0.717, 1.165) is 38.7 Å². The molecule has 3 rings (SSSR count). The number of ether oxygens (including phenoxy) is 1. The minimum atomic E-state index is -0.616. The lowest BCUT2D eigenvalue weighted by Gasteiger charge is -2.54. The highest BCUT2D eigenvalue weighted by Gasteiger charge is 2.57. The van der Waals surface area contributed by atoms with Gasteiger partial charge in [-0.2, -0.15) is 0 Å². The second-order valence-electron chi connectivity index (χ2n) is 7.36. The highest BCUT2D eigenvalue weighted by molar-refractivity contribution is 5.86. The summed E-state index contributed by atoms with van der Waals surface area (Å²) < 4.78 is 5.92. The Kier molecular flexibility index (Phi) is 4.28. The zero-order valence-electron chi connectivity index (χ0n) is 13.3. The van der Waals surface area contributed by atoms with E-state index in [0.29, 0.717) is 6.10 Å². The fourth-order valence-electron chi connectivity index (χ4n) is 4.80. The molecule has 4 heteroatoms. The summed E-state index contributed by atoms with van der Waals surface area (Å²) in [6.45, 7) is 2.83. The molecule has 120 valence electrons. The highest BCUT2D eigenvalue weighted by Crippen LogP contribution is 2.54. The van der Waals surface area contributed by atoms with E-state index in [2.05, 4.69) is 12.2 Å². The van der Waals surface area contributed by atoms with E-state index < -0.39 is 5.54 Å². The van der Waals surface area contributed by atoms with Gasteiger partial charge in [-0.3, -0.25) is 4.79 Å². The summed E-state index contributed by atoms with van der Waals surface area (Å²) in [7, 11) is 0. The maximum Gasteiger partial charge on any atom is 0.240 e. The van der Waals surface area contributed by atoms with Crippen molar-refractivity contribution >= 4 is 5.91 Å². The summed E-state index contributed by atoms with van der Waals surface area (Å²) in [5.41, 5.74) is 5.96. The summed E-state index contributed by atoms with van der Waals surface area (Å²) in [5.74, 6) is 0.0911. The predicted octanol–water partition coefficient (Wildman–Crippen LogP) is 2.50. The van der Waals surface area contributed by atoms with Gasteiger partial charge in [-0.25, -0.2) is 0 Å². The number of hydrogen-bond donors (Lipinski definition) is 2. The fraction of sp³-hybridized carbons (Fsp3) is 0.941. The SMILES string of the molecule is CCOC1CC(NC(=O)C2(N)CCCCC2)C12CCCC2. The molecule has 2 atom stereocenters. The number of amides is 1. The van der Waals surface area contributed by atoms with E-state index in [4.69, 9.17) is 10.5 Å². The second kappa shape index (κ2) is 5.88. The zero-order valence-corrected chi connectivity index (χ0v) is 13.3. The smallest absolute Gasteiger partial charge is 0.240 e. The van der Waals surface area contributed by atoms with Gasteiger partial charge < -0.3 is 15.8 Å². The van der Waals surface area contributed by atoms with Gasteiger partial charge in [0.05, 0.1) is 11.6 Å². The first-order valence-electron chi connectivity index (χ1n) is 8.82. The van der Waals surface area contributed by atoms with Gasteiger partial charge in [0.2, 0.25) is 5.91 Å². The molecular formula is C17H30N2O2. The molecule has 0 aromatic rings. The molecule has 3 N–H and O–H groups in total. The molecule has 0 saturated heterocycles. The van der Waals surface area contributed by atoms with Crippen LogP contribution in [0.25, 0.3) is 0 Å². The normalized spacial score (nSPS) is 33.6. The van der Waals surface area contributed by atoms with Crippen LogP contribution >= 0.6 is 0 Å². The molecule has 3 fully saturated rings. The Bertz CT molecular complexity index is 384. The summed E-state index contributed by atoms with van der Waals surface area (Å²) >= 11 is 0. The quantitative estimate of drug-likeness (QED) is 0.837. The van der Waals surface area contributed by atoms with Gasteiger partial charge in [0.15, 0.2) is 0 Å². The fourth-order valence-corrected chi connectivity index (χ4v) is 4.80. The van der Waals surface area contributed by atoms with Crippen LogP contribution in [0.3, 0.4) is 0 Å². The first kappa shape index (κ1) is 15.3. The lowest BCUT2D eigenvalue weighted by molar-refractivity contribution is -0.148. The van der Waals surface area contributed by atoms with Gasteiger partial charge in [-0.05, 0) is 39.0 Å². The standard InChI is InChI=1S/C17H30N2O2/c1-2-21-14-12-13(16(14)8-6-7-9-16)19-15(20)17(18)10-4-3-5-11-17/h13-14H,2-12,18H2,1H3,(H,19,20). The molecule has 0 radical (unpaired) electrons. The maximum atomic E-state index is 12.7. The third-order valence-electron chi connectivity index (χ3n) is 6.19. The van der Waals surface area contributed by atoms with E-state index in [1.165, 1.54) is 32.1 Å². The van der Waals surface area contributed by atoms with Gasteiger partial charge >= 0.3 is 0 Å². The Morgan fingerprint density at radius 3 is 2.38 bits per heavy atom. The lowest BCUT2D eigenvalue weighted by Crippen LogP contribution is -2.67. The van der Waals surface area contributed by atoms with Crippen molar-refractivity contribution in [3.05, 3.63) is 0 Å². The molecule has 1 spiro atoms. The van der Waals surface area contributed by atoms with Crippen LogP contribution in [-0.4, -0.2) is 30.2 Å². The third kappa shape index (κ3) is 2.61. The van der Waals surface area contributed by atoms with Gasteiger partial charge in [0.25, 0.3) is 0 Å². The Labute approximate surface area is 128 Å². The van der Waals surface area contributed by atoms with E-state index >= 15 is 0 Å². The molecule has 0 aromatic carbocycles. The molecule has 21 heavy (non-hydrogen) atoms. The third-order valence-corrected chi connectivity index (χ3v) is 6.19. The number of nitrogens with two attached hydrogens (primary N) is 1. The van der Waals surface area contributed by atoms with Gasteiger partial charge in [0, 0.05) is 18.1 Å². The van der Waals surface area contributed by atoms with E-state index in [-0.39, 0.29) is 17.4 Å². The monoisotopic (exact) mass is 294 g/mol. The molecule has 0 aliphatic heterocycles. The molecule has 3 aliphatic carbocycles. The Hall–Kier alpha value is -0.610. The van der Waals surface area contributed by atoms with Crippen molar-refractivity contribution in [2.24, 2.45) is 11.1 Å².